The van der Waals surface area contributed by atoms with Crippen LogP contribution in [0.1, 0.15) is 45.1 Å². The molecule has 1 rings (SSSR count). The summed E-state index contributed by atoms with van der Waals surface area (Å²) >= 11 is 0. The van der Waals surface area contributed by atoms with Gasteiger partial charge >= 0.3 is 0 Å². The normalized spacial score (nSPS) is 13.6. The molecule has 18 heavy (non-hydrogen) atoms. The first-order valence-corrected chi connectivity index (χ1v) is 6.61. The van der Waals surface area contributed by atoms with Crippen LogP contribution in [-0.4, -0.2) is 12.7 Å². The fraction of sp³-hybridized carbons (Fsp3) is 0.600. The average Bonchev–Trinajstić information content (AvgIpc) is 2.38. The lowest BCUT2D eigenvalue weighted by Gasteiger charge is -2.20. The summed E-state index contributed by atoms with van der Waals surface area (Å²) in [6.45, 7) is 3.44. The van der Waals surface area contributed by atoms with E-state index in [9.17, 15) is 8.78 Å². The van der Waals surface area contributed by atoms with Crippen molar-refractivity contribution < 1.29 is 13.5 Å². The highest BCUT2D eigenvalue weighted by Gasteiger charge is 2.32. The van der Waals surface area contributed by atoms with Crippen molar-refractivity contribution in [2.75, 3.05) is 6.61 Å². The van der Waals surface area contributed by atoms with Crippen LogP contribution in [0.3, 0.4) is 0 Å². The lowest BCUT2D eigenvalue weighted by molar-refractivity contribution is -0.103. The number of hydrogen-bond donors (Lipinski definition) is 0. The van der Waals surface area contributed by atoms with Crippen molar-refractivity contribution in [3.63, 3.8) is 0 Å². The molecule has 1 nitrogen and oxygen atoms in total. The number of hydrogen-bond acceptors (Lipinski definition) is 1. The Balaban J connectivity index is 2.37. The summed E-state index contributed by atoms with van der Waals surface area (Å²) in [5.41, 5.74) is 0.0192. The zero-order chi connectivity index (χ0) is 13.4. The third kappa shape index (κ3) is 5.13. The summed E-state index contributed by atoms with van der Waals surface area (Å²) in [4.78, 5) is 0. The van der Waals surface area contributed by atoms with Gasteiger partial charge in [-0.2, -0.15) is 8.78 Å². The van der Waals surface area contributed by atoms with Gasteiger partial charge in [-0.1, -0.05) is 56.5 Å². The molecule has 0 aromatic heterocycles. The van der Waals surface area contributed by atoms with Crippen molar-refractivity contribution in [3.05, 3.63) is 35.9 Å². The maximum atomic E-state index is 13.8. The van der Waals surface area contributed by atoms with Gasteiger partial charge in [0.05, 0.1) is 6.10 Å². The lowest BCUT2D eigenvalue weighted by atomic mass is 10.1. The zero-order valence-corrected chi connectivity index (χ0v) is 11.2. The van der Waals surface area contributed by atoms with Gasteiger partial charge in [-0.3, -0.25) is 0 Å². The number of ether oxygens (including phenoxy) is 1. The highest BCUT2D eigenvalue weighted by molar-refractivity contribution is 5.19. The second-order valence-corrected chi connectivity index (χ2v) is 4.69. The second-order valence-electron chi connectivity index (χ2n) is 4.69. The molecule has 1 aromatic rings. The van der Waals surface area contributed by atoms with Gasteiger partial charge in [-0.25, -0.2) is 0 Å². The molecule has 1 unspecified atom stereocenters. The Bertz CT molecular complexity index is 325. The summed E-state index contributed by atoms with van der Waals surface area (Å²) in [5, 5.41) is 0. The second kappa shape index (κ2) is 7.47. The van der Waals surface area contributed by atoms with Crippen LogP contribution in [0.2, 0.25) is 0 Å². The molecule has 0 heterocycles. The van der Waals surface area contributed by atoms with Crippen molar-refractivity contribution in [2.45, 2.75) is 51.6 Å². The van der Waals surface area contributed by atoms with Crippen molar-refractivity contribution in [3.8, 4) is 0 Å². The molecule has 0 radical (unpaired) electrons. The van der Waals surface area contributed by atoms with E-state index in [0.29, 0.717) is 0 Å². The standard InChI is InChI=1S/C15H22F2O/c1-3-4-6-9-13(2)18-12-15(16,17)14-10-7-5-8-11-14/h5,7-8,10-11,13H,3-4,6,9,12H2,1-2H3. The minimum absolute atomic E-state index is 0.0192. The van der Waals surface area contributed by atoms with Gasteiger partial charge in [0.15, 0.2) is 0 Å². The van der Waals surface area contributed by atoms with Crippen LogP contribution >= 0.6 is 0 Å². The molecule has 0 N–H and O–H groups in total. The molecule has 0 aliphatic heterocycles. The van der Waals surface area contributed by atoms with E-state index >= 15 is 0 Å². The van der Waals surface area contributed by atoms with E-state index in [4.69, 9.17) is 4.74 Å². The van der Waals surface area contributed by atoms with Crippen LogP contribution in [0.25, 0.3) is 0 Å². The maximum absolute atomic E-state index is 13.8. The molecule has 0 spiro atoms. The zero-order valence-electron chi connectivity index (χ0n) is 11.2. The van der Waals surface area contributed by atoms with Crippen molar-refractivity contribution >= 4 is 0 Å². The van der Waals surface area contributed by atoms with Crippen molar-refractivity contribution in [2.24, 2.45) is 0 Å². The fourth-order valence-corrected chi connectivity index (χ4v) is 1.78. The number of unbranched alkanes of at least 4 members (excludes halogenated alkanes) is 2. The van der Waals surface area contributed by atoms with Crippen LogP contribution in [0.4, 0.5) is 8.78 Å². The Morgan fingerprint density at radius 1 is 1.17 bits per heavy atom. The lowest BCUT2D eigenvalue weighted by Crippen LogP contribution is -2.24. The number of rotatable bonds is 8. The molecule has 102 valence electrons. The maximum Gasteiger partial charge on any atom is 0.296 e. The highest BCUT2D eigenvalue weighted by atomic mass is 19.3. The van der Waals surface area contributed by atoms with E-state index in [0.717, 1.165) is 25.7 Å². The largest absolute Gasteiger partial charge is 0.372 e. The summed E-state index contributed by atoms with van der Waals surface area (Å²) in [6.07, 6.45) is 4.04. The molecule has 0 amide bonds. The Morgan fingerprint density at radius 2 is 1.83 bits per heavy atom. The summed E-state index contributed by atoms with van der Waals surface area (Å²) < 4.78 is 32.8. The Morgan fingerprint density at radius 3 is 2.44 bits per heavy atom. The van der Waals surface area contributed by atoms with E-state index in [1.165, 1.54) is 12.1 Å². The van der Waals surface area contributed by atoms with Gasteiger partial charge < -0.3 is 4.74 Å². The molecular formula is C15H22F2O. The Labute approximate surface area is 108 Å². The summed E-state index contributed by atoms with van der Waals surface area (Å²) in [5.74, 6) is -2.90. The molecule has 1 atom stereocenters. The predicted molar refractivity (Wildman–Crippen MR) is 69.9 cm³/mol. The number of halogens is 2. The third-order valence-electron chi connectivity index (χ3n) is 2.96. The van der Waals surface area contributed by atoms with Gasteiger partial charge in [0.2, 0.25) is 0 Å². The van der Waals surface area contributed by atoms with E-state index in [2.05, 4.69) is 6.92 Å². The molecule has 0 aliphatic carbocycles. The molecular weight excluding hydrogens is 234 g/mol. The van der Waals surface area contributed by atoms with Gasteiger partial charge in [-0.05, 0) is 13.3 Å². The third-order valence-corrected chi connectivity index (χ3v) is 2.96. The molecule has 1 aromatic carbocycles. The minimum Gasteiger partial charge on any atom is -0.372 e. The quantitative estimate of drug-likeness (QED) is 0.609. The number of benzene rings is 1. The Hall–Kier alpha value is -0.960. The smallest absolute Gasteiger partial charge is 0.296 e. The van der Waals surface area contributed by atoms with Gasteiger partial charge in [0.1, 0.15) is 6.61 Å². The summed E-state index contributed by atoms with van der Waals surface area (Å²) in [6, 6.07) is 7.84. The van der Waals surface area contributed by atoms with E-state index in [1.807, 2.05) is 6.92 Å². The topological polar surface area (TPSA) is 9.23 Å². The van der Waals surface area contributed by atoms with E-state index in [1.54, 1.807) is 18.2 Å². The van der Waals surface area contributed by atoms with Crippen LogP contribution in [-0.2, 0) is 10.7 Å². The van der Waals surface area contributed by atoms with Crippen LogP contribution in [0.15, 0.2) is 30.3 Å². The Kier molecular flexibility index (Phi) is 6.27. The first kappa shape index (κ1) is 15.1. The van der Waals surface area contributed by atoms with Crippen molar-refractivity contribution in [1.82, 2.24) is 0 Å². The molecule has 0 bridgehead atoms. The average molecular weight is 256 g/mol. The van der Waals surface area contributed by atoms with Crippen LogP contribution in [0, 0.1) is 0 Å². The molecule has 0 aliphatic rings. The van der Waals surface area contributed by atoms with Crippen molar-refractivity contribution in [1.29, 1.82) is 0 Å². The van der Waals surface area contributed by atoms with Crippen LogP contribution in [0.5, 0.6) is 0 Å². The van der Waals surface area contributed by atoms with Gasteiger partial charge in [-0.15, -0.1) is 0 Å². The SMILES string of the molecule is CCCCCC(C)OCC(F)(F)c1ccccc1. The molecule has 0 saturated carbocycles. The fourth-order valence-electron chi connectivity index (χ4n) is 1.78. The van der Waals surface area contributed by atoms with Gasteiger partial charge in [0.25, 0.3) is 5.92 Å². The predicted octanol–water partition coefficient (Wildman–Crippen LogP) is 4.76. The number of alkyl halides is 2. The first-order valence-electron chi connectivity index (χ1n) is 6.61. The van der Waals surface area contributed by atoms with Crippen LogP contribution < -0.4 is 0 Å². The monoisotopic (exact) mass is 256 g/mol. The van der Waals surface area contributed by atoms with E-state index in [-0.39, 0.29) is 11.7 Å². The minimum atomic E-state index is -2.90. The summed E-state index contributed by atoms with van der Waals surface area (Å²) in [7, 11) is 0. The molecule has 0 fully saturated rings. The molecule has 3 heteroatoms. The van der Waals surface area contributed by atoms with Gasteiger partial charge in [0, 0.05) is 5.56 Å². The first-order chi connectivity index (χ1) is 8.56. The van der Waals surface area contributed by atoms with E-state index < -0.39 is 12.5 Å². The molecule has 0 saturated heterocycles. The highest BCUT2D eigenvalue weighted by Crippen LogP contribution is 2.28.